The first-order valence-electron chi connectivity index (χ1n) is 3.84. The van der Waals surface area contributed by atoms with Crippen molar-refractivity contribution >= 4 is 5.69 Å². The molecule has 0 N–H and O–H groups in total. The van der Waals surface area contributed by atoms with Gasteiger partial charge in [-0.05, 0) is 0 Å². The fraction of sp³-hybridized carbons (Fsp3) is 0.286. The number of rotatable bonds is 2. The molecule has 0 saturated carbocycles. The second-order valence-electron chi connectivity index (χ2n) is 2.78. The van der Waals surface area contributed by atoms with Crippen molar-refractivity contribution in [2.75, 3.05) is 0 Å². The maximum Gasteiger partial charge on any atom is 0.427 e. The van der Waals surface area contributed by atoms with E-state index in [9.17, 15) is 36.5 Å². The number of nitro groups is 1. The van der Waals surface area contributed by atoms with Crippen molar-refractivity contribution in [2.24, 2.45) is 0 Å². The Bertz CT molecular complexity index is 458. The van der Waals surface area contributed by atoms with Crippen molar-refractivity contribution in [3.63, 3.8) is 0 Å². The largest absolute Gasteiger partial charge is 0.427 e. The lowest BCUT2D eigenvalue weighted by Gasteiger charge is -2.10. The normalized spacial score (nSPS) is 11.9. The minimum Gasteiger partial charge on any atom is -0.258 e. The highest BCUT2D eigenvalue weighted by Crippen LogP contribution is 2.41. The van der Waals surface area contributed by atoms with Crippen LogP contribution in [-0.4, -0.2) is 9.91 Å². The third kappa shape index (κ3) is 2.45. The Kier molecular flexibility index (Phi) is 3.25. The minimum absolute atomic E-state index is 0.00731. The van der Waals surface area contributed by atoms with Crippen LogP contribution in [0, 0.1) is 16.1 Å². The average Bonchev–Trinajstić information content (AvgIpc) is 2.14. The molecule has 94 valence electrons. The lowest BCUT2D eigenvalue weighted by atomic mass is 10.1. The van der Waals surface area contributed by atoms with Gasteiger partial charge < -0.3 is 0 Å². The maximum absolute atomic E-state index is 12.8. The van der Waals surface area contributed by atoms with Gasteiger partial charge in [0, 0.05) is 6.20 Å². The Hall–Kier alpha value is -1.87. The molecule has 0 aliphatic heterocycles. The van der Waals surface area contributed by atoms with Crippen LogP contribution in [0.1, 0.15) is 17.6 Å². The van der Waals surface area contributed by atoms with Crippen LogP contribution in [0.2, 0.25) is 0 Å². The van der Waals surface area contributed by atoms with Crippen molar-refractivity contribution in [1.82, 2.24) is 4.98 Å². The van der Waals surface area contributed by atoms with Crippen LogP contribution in [0.3, 0.4) is 0 Å². The summed E-state index contributed by atoms with van der Waals surface area (Å²) in [4.78, 5) is 11.0. The highest BCUT2D eigenvalue weighted by atomic mass is 19.4. The van der Waals surface area contributed by atoms with Crippen LogP contribution in [-0.2, 0) is 6.18 Å². The van der Waals surface area contributed by atoms with Crippen LogP contribution >= 0.6 is 0 Å². The van der Waals surface area contributed by atoms with Gasteiger partial charge in [-0.1, -0.05) is 0 Å². The van der Waals surface area contributed by atoms with E-state index in [1.165, 1.54) is 0 Å². The van der Waals surface area contributed by atoms with Crippen molar-refractivity contribution < 1.29 is 31.3 Å². The van der Waals surface area contributed by atoms with Crippen LogP contribution in [0.4, 0.5) is 32.0 Å². The first kappa shape index (κ1) is 13.2. The molecule has 0 bridgehead atoms. The molecule has 0 radical (unpaired) electrons. The summed E-state index contributed by atoms with van der Waals surface area (Å²) in [6.07, 6.45) is -9.04. The zero-order valence-corrected chi connectivity index (χ0v) is 7.63. The molecule has 0 atom stereocenters. The molecule has 0 aliphatic rings. The molecule has 0 amide bonds. The van der Waals surface area contributed by atoms with Crippen molar-refractivity contribution in [2.45, 2.75) is 12.6 Å². The molecule has 0 saturated heterocycles. The molecular weight excluding hydrogens is 258 g/mol. The molecule has 0 aromatic carbocycles. The van der Waals surface area contributed by atoms with Gasteiger partial charge in [0.2, 0.25) is 5.95 Å². The molecule has 1 rings (SSSR count). The summed E-state index contributed by atoms with van der Waals surface area (Å²) in [5, 5.41) is 10.3. The maximum atomic E-state index is 12.8. The Morgan fingerprint density at radius 3 is 2.24 bits per heavy atom. The van der Waals surface area contributed by atoms with Crippen LogP contribution in [0.15, 0.2) is 6.20 Å². The Balaban J connectivity index is 3.67. The smallest absolute Gasteiger partial charge is 0.258 e. The van der Waals surface area contributed by atoms with Crippen molar-refractivity contribution in [1.29, 1.82) is 0 Å². The molecule has 17 heavy (non-hydrogen) atoms. The van der Waals surface area contributed by atoms with Gasteiger partial charge in [0.15, 0.2) is 5.56 Å². The van der Waals surface area contributed by atoms with Gasteiger partial charge in [0.1, 0.15) is 5.56 Å². The van der Waals surface area contributed by atoms with Gasteiger partial charge in [-0.3, -0.25) is 10.1 Å². The third-order valence-electron chi connectivity index (χ3n) is 1.73. The fourth-order valence-electron chi connectivity index (χ4n) is 1.10. The zero-order valence-electron chi connectivity index (χ0n) is 7.63. The van der Waals surface area contributed by atoms with Gasteiger partial charge >= 0.3 is 6.18 Å². The summed E-state index contributed by atoms with van der Waals surface area (Å²) in [5.41, 5.74) is -6.00. The summed E-state index contributed by atoms with van der Waals surface area (Å²) < 4.78 is 74.1. The van der Waals surface area contributed by atoms with Gasteiger partial charge in [-0.15, -0.1) is 0 Å². The quantitative estimate of drug-likeness (QED) is 0.355. The van der Waals surface area contributed by atoms with E-state index in [0.29, 0.717) is 0 Å². The summed E-state index contributed by atoms with van der Waals surface area (Å²) in [6, 6.07) is 0. The number of halogens is 6. The standard InChI is InChI=1S/C7H2F6N2O2/c8-5(9)2-1-14-6(10)3(7(11,12)13)4(2)15(16)17/h1,5H. The number of hydrogen-bond donors (Lipinski definition) is 0. The number of alkyl halides is 5. The highest BCUT2D eigenvalue weighted by Gasteiger charge is 2.45. The van der Waals surface area contributed by atoms with E-state index in [0.717, 1.165) is 0 Å². The Morgan fingerprint density at radius 2 is 1.88 bits per heavy atom. The van der Waals surface area contributed by atoms with E-state index >= 15 is 0 Å². The molecule has 1 aromatic rings. The topological polar surface area (TPSA) is 56.0 Å². The minimum atomic E-state index is -5.48. The van der Waals surface area contributed by atoms with E-state index in [-0.39, 0.29) is 6.20 Å². The van der Waals surface area contributed by atoms with E-state index in [2.05, 4.69) is 4.98 Å². The number of aromatic nitrogens is 1. The van der Waals surface area contributed by atoms with Gasteiger partial charge in [-0.2, -0.15) is 17.6 Å². The van der Waals surface area contributed by atoms with E-state index < -0.39 is 40.3 Å². The van der Waals surface area contributed by atoms with Gasteiger partial charge in [0.05, 0.1) is 4.92 Å². The fourth-order valence-corrected chi connectivity index (χ4v) is 1.10. The number of hydrogen-bond acceptors (Lipinski definition) is 3. The van der Waals surface area contributed by atoms with Crippen LogP contribution < -0.4 is 0 Å². The molecular formula is C7H2F6N2O2. The lowest BCUT2D eigenvalue weighted by molar-refractivity contribution is -0.389. The monoisotopic (exact) mass is 260 g/mol. The summed E-state index contributed by atoms with van der Waals surface area (Å²) in [5.74, 6) is -2.21. The SMILES string of the molecule is O=[N+]([O-])c1c(C(F)F)cnc(F)c1C(F)(F)F. The lowest BCUT2D eigenvalue weighted by Crippen LogP contribution is -2.15. The van der Waals surface area contributed by atoms with E-state index in [4.69, 9.17) is 0 Å². The van der Waals surface area contributed by atoms with Gasteiger partial charge in [-0.25, -0.2) is 13.8 Å². The molecule has 1 aromatic heterocycles. The first-order valence-corrected chi connectivity index (χ1v) is 3.84. The first-order chi connectivity index (χ1) is 7.66. The third-order valence-corrected chi connectivity index (χ3v) is 1.73. The predicted molar refractivity (Wildman–Crippen MR) is 40.8 cm³/mol. The van der Waals surface area contributed by atoms with E-state index in [1.54, 1.807) is 0 Å². The Morgan fingerprint density at radius 1 is 1.35 bits per heavy atom. The highest BCUT2D eigenvalue weighted by molar-refractivity contribution is 5.48. The van der Waals surface area contributed by atoms with Crippen LogP contribution in [0.25, 0.3) is 0 Å². The van der Waals surface area contributed by atoms with Gasteiger partial charge in [0.25, 0.3) is 12.1 Å². The summed E-state index contributed by atoms with van der Waals surface area (Å²) in [6.45, 7) is 0. The second-order valence-corrected chi connectivity index (χ2v) is 2.78. The molecule has 0 spiro atoms. The molecule has 0 fully saturated rings. The van der Waals surface area contributed by atoms with Crippen LogP contribution in [0.5, 0.6) is 0 Å². The molecule has 4 nitrogen and oxygen atoms in total. The number of pyridine rings is 1. The summed E-state index contributed by atoms with van der Waals surface area (Å²) >= 11 is 0. The summed E-state index contributed by atoms with van der Waals surface area (Å²) in [7, 11) is 0. The molecule has 10 heteroatoms. The average molecular weight is 260 g/mol. The number of nitrogens with zero attached hydrogens (tertiary/aromatic N) is 2. The van der Waals surface area contributed by atoms with E-state index in [1.807, 2.05) is 0 Å². The molecule has 0 unspecified atom stereocenters. The van der Waals surface area contributed by atoms with Crippen molar-refractivity contribution in [3.8, 4) is 0 Å². The zero-order chi connectivity index (χ0) is 13.4. The van der Waals surface area contributed by atoms with Crippen molar-refractivity contribution in [3.05, 3.63) is 33.4 Å². The predicted octanol–water partition coefficient (Wildman–Crippen LogP) is 3.09. The molecule has 0 aliphatic carbocycles. The second kappa shape index (κ2) is 4.18. The molecule has 1 heterocycles. The Labute approximate surface area is 89.0 Å².